The van der Waals surface area contributed by atoms with Gasteiger partial charge < -0.3 is 10.4 Å². The Morgan fingerprint density at radius 2 is 1.87 bits per heavy atom. The Labute approximate surface area is 91.1 Å². The number of rotatable bonds is 7. The van der Waals surface area contributed by atoms with E-state index in [1.165, 1.54) is 14.0 Å². The molecule has 15 heavy (non-hydrogen) atoms. The molecule has 88 valence electrons. The van der Waals surface area contributed by atoms with Crippen LogP contribution in [-0.2, 0) is 9.59 Å². The van der Waals surface area contributed by atoms with Gasteiger partial charge in [0.1, 0.15) is 5.41 Å². The van der Waals surface area contributed by atoms with Crippen molar-refractivity contribution in [3.05, 3.63) is 0 Å². The molecule has 1 unspecified atom stereocenters. The molecule has 0 aromatic rings. The number of carboxylic acid groups (broad SMARTS) is 1. The maximum absolute atomic E-state index is 11.4. The molecule has 0 aliphatic rings. The smallest absolute Gasteiger partial charge is 0.318 e. The van der Waals surface area contributed by atoms with Gasteiger partial charge in [0, 0.05) is 7.05 Å². The Morgan fingerprint density at radius 1 is 1.27 bits per heavy atom. The first-order valence-electron chi connectivity index (χ1n) is 5.44. The summed E-state index contributed by atoms with van der Waals surface area (Å²) >= 11 is 0. The minimum absolute atomic E-state index is 0.405. The number of carboxylic acids is 1. The average molecular weight is 215 g/mol. The number of amides is 1. The van der Waals surface area contributed by atoms with E-state index in [0.717, 1.165) is 25.7 Å². The summed E-state index contributed by atoms with van der Waals surface area (Å²) in [7, 11) is 1.47. The first kappa shape index (κ1) is 13.9. The van der Waals surface area contributed by atoms with Crippen molar-refractivity contribution < 1.29 is 14.7 Å². The Hall–Kier alpha value is -1.06. The van der Waals surface area contributed by atoms with Crippen molar-refractivity contribution in [1.82, 2.24) is 5.32 Å². The highest BCUT2D eigenvalue weighted by Gasteiger charge is 2.39. The molecule has 0 radical (unpaired) electrons. The van der Waals surface area contributed by atoms with Crippen LogP contribution in [0.25, 0.3) is 0 Å². The van der Waals surface area contributed by atoms with Gasteiger partial charge in [-0.3, -0.25) is 9.59 Å². The van der Waals surface area contributed by atoms with Crippen LogP contribution < -0.4 is 5.32 Å². The summed E-state index contributed by atoms with van der Waals surface area (Å²) < 4.78 is 0. The molecule has 0 aliphatic heterocycles. The molecule has 0 saturated heterocycles. The van der Waals surface area contributed by atoms with Crippen LogP contribution in [0.15, 0.2) is 0 Å². The number of nitrogens with one attached hydrogen (secondary N) is 1. The highest BCUT2D eigenvalue weighted by atomic mass is 16.4. The summed E-state index contributed by atoms with van der Waals surface area (Å²) in [6.07, 6.45) is 4.36. The van der Waals surface area contributed by atoms with Gasteiger partial charge >= 0.3 is 5.97 Å². The highest BCUT2D eigenvalue weighted by Crippen LogP contribution is 2.25. The van der Waals surface area contributed by atoms with Crippen molar-refractivity contribution in [3.8, 4) is 0 Å². The van der Waals surface area contributed by atoms with Crippen molar-refractivity contribution in [2.24, 2.45) is 5.41 Å². The van der Waals surface area contributed by atoms with Crippen LogP contribution in [0, 0.1) is 5.41 Å². The van der Waals surface area contributed by atoms with E-state index in [4.69, 9.17) is 5.11 Å². The molecule has 0 fully saturated rings. The van der Waals surface area contributed by atoms with Gasteiger partial charge in [0.2, 0.25) is 5.91 Å². The van der Waals surface area contributed by atoms with E-state index in [1.807, 2.05) is 0 Å². The fourth-order valence-corrected chi connectivity index (χ4v) is 1.50. The van der Waals surface area contributed by atoms with Crippen molar-refractivity contribution in [2.75, 3.05) is 7.05 Å². The maximum Gasteiger partial charge on any atom is 0.318 e. The number of hydrogen-bond acceptors (Lipinski definition) is 2. The van der Waals surface area contributed by atoms with Crippen LogP contribution in [0.5, 0.6) is 0 Å². The van der Waals surface area contributed by atoms with E-state index in [0.29, 0.717) is 6.42 Å². The average Bonchev–Trinajstić information content (AvgIpc) is 2.22. The predicted molar refractivity (Wildman–Crippen MR) is 58.6 cm³/mol. The van der Waals surface area contributed by atoms with Crippen molar-refractivity contribution in [1.29, 1.82) is 0 Å². The molecule has 4 nitrogen and oxygen atoms in total. The van der Waals surface area contributed by atoms with Crippen LogP contribution in [0.2, 0.25) is 0 Å². The fourth-order valence-electron chi connectivity index (χ4n) is 1.50. The number of unbranched alkanes of at least 4 members (excludes halogenated alkanes) is 3. The minimum atomic E-state index is -1.28. The van der Waals surface area contributed by atoms with E-state index in [9.17, 15) is 9.59 Å². The molecule has 0 rings (SSSR count). The van der Waals surface area contributed by atoms with E-state index in [-0.39, 0.29) is 0 Å². The third kappa shape index (κ3) is 3.90. The van der Waals surface area contributed by atoms with Crippen LogP contribution in [-0.4, -0.2) is 24.0 Å². The van der Waals surface area contributed by atoms with Crippen molar-refractivity contribution >= 4 is 11.9 Å². The molecule has 0 aromatic heterocycles. The zero-order valence-corrected chi connectivity index (χ0v) is 9.80. The first-order valence-corrected chi connectivity index (χ1v) is 5.44. The lowest BCUT2D eigenvalue weighted by molar-refractivity contribution is -0.155. The predicted octanol–water partition coefficient (Wildman–Crippen LogP) is 1.79. The van der Waals surface area contributed by atoms with Crippen LogP contribution in [0.1, 0.15) is 46.0 Å². The minimum Gasteiger partial charge on any atom is -0.480 e. The topological polar surface area (TPSA) is 66.4 Å². The second kappa shape index (κ2) is 6.43. The van der Waals surface area contributed by atoms with Gasteiger partial charge in [-0.15, -0.1) is 0 Å². The van der Waals surface area contributed by atoms with Crippen molar-refractivity contribution in [2.45, 2.75) is 46.0 Å². The molecule has 0 heterocycles. The van der Waals surface area contributed by atoms with Gasteiger partial charge in [-0.2, -0.15) is 0 Å². The Balaban J connectivity index is 4.27. The molecule has 1 atom stereocenters. The third-order valence-electron chi connectivity index (χ3n) is 2.73. The second-order valence-corrected chi connectivity index (χ2v) is 4.03. The molecular weight excluding hydrogens is 194 g/mol. The number of hydrogen-bond donors (Lipinski definition) is 2. The molecule has 0 saturated carbocycles. The van der Waals surface area contributed by atoms with E-state index in [2.05, 4.69) is 12.2 Å². The zero-order valence-electron chi connectivity index (χ0n) is 9.80. The molecule has 2 N–H and O–H groups in total. The maximum atomic E-state index is 11.4. The third-order valence-corrected chi connectivity index (χ3v) is 2.73. The molecule has 0 spiro atoms. The summed E-state index contributed by atoms with van der Waals surface area (Å²) in [5, 5.41) is 11.4. The van der Waals surface area contributed by atoms with Gasteiger partial charge in [0.05, 0.1) is 0 Å². The van der Waals surface area contributed by atoms with E-state index >= 15 is 0 Å². The summed E-state index contributed by atoms with van der Waals surface area (Å²) in [4.78, 5) is 22.5. The van der Waals surface area contributed by atoms with Crippen LogP contribution in [0.3, 0.4) is 0 Å². The molecule has 0 aliphatic carbocycles. The Kier molecular flexibility index (Phi) is 5.97. The molecule has 4 heteroatoms. The summed E-state index contributed by atoms with van der Waals surface area (Å²) in [5.41, 5.74) is -1.28. The number of aliphatic carboxylic acids is 1. The van der Waals surface area contributed by atoms with Gasteiger partial charge in [0.15, 0.2) is 0 Å². The second-order valence-electron chi connectivity index (χ2n) is 4.03. The number of carbonyl (C=O) groups is 2. The Bertz CT molecular complexity index is 228. The summed E-state index contributed by atoms with van der Waals surface area (Å²) in [5.74, 6) is -1.45. The van der Waals surface area contributed by atoms with E-state index in [1.54, 1.807) is 0 Å². The highest BCUT2D eigenvalue weighted by molar-refractivity contribution is 6.01. The SMILES string of the molecule is CCCCCCC(C)(C(=O)O)C(=O)NC. The monoisotopic (exact) mass is 215 g/mol. The number of carbonyl (C=O) groups excluding carboxylic acids is 1. The molecular formula is C11H21NO3. The lowest BCUT2D eigenvalue weighted by Crippen LogP contribution is -2.43. The van der Waals surface area contributed by atoms with E-state index < -0.39 is 17.3 Å². The zero-order chi connectivity index (χ0) is 11.9. The van der Waals surface area contributed by atoms with Crippen LogP contribution in [0.4, 0.5) is 0 Å². The normalized spacial score (nSPS) is 14.3. The fraction of sp³-hybridized carbons (Fsp3) is 0.818. The lowest BCUT2D eigenvalue weighted by Gasteiger charge is -2.22. The quantitative estimate of drug-likeness (QED) is 0.502. The van der Waals surface area contributed by atoms with Gasteiger partial charge in [-0.25, -0.2) is 0 Å². The van der Waals surface area contributed by atoms with Gasteiger partial charge in [0.25, 0.3) is 0 Å². The lowest BCUT2D eigenvalue weighted by atomic mass is 9.83. The van der Waals surface area contributed by atoms with Gasteiger partial charge in [-0.1, -0.05) is 32.6 Å². The van der Waals surface area contributed by atoms with Crippen LogP contribution >= 0.6 is 0 Å². The Morgan fingerprint density at radius 3 is 2.27 bits per heavy atom. The van der Waals surface area contributed by atoms with Crippen molar-refractivity contribution in [3.63, 3.8) is 0 Å². The largest absolute Gasteiger partial charge is 0.480 e. The standard InChI is InChI=1S/C11H21NO3/c1-4-5-6-7-8-11(2,10(14)15)9(13)12-3/h4-8H2,1-3H3,(H,12,13)(H,14,15). The molecule has 1 amide bonds. The summed E-state index contributed by atoms with van der Waals surface area (Å²) in [6, 6.07) is 0. The summed E-state index contributed by atoms with van der Waals surface area (Å²) in [6.45, 7) is 3.58. The molecule has 0 bridgehead atoms. The van der Waals surface area contributed by atoms with Gasteiger partial charge in [-0.05, 0) is 13.3 Å². The first-order chi connectivity index (χ1) is 6.99. The molecule has 0 aromatic carbocycles.